The highest BCUT2D eigenvalue weighted by Crippen LogP contribution is 2.11. The Morgan fingerprint density at radius 3 is 2.29 bits per heavy atom. The summed E-state index contributed by atoms with van der Waals surface area (Å²) < 4.78 is 5.32. The molecule has 0 radical (unpaired) electrons. The number of rotatable bonds is 10. The summed E-state index contributed by atoms with van der Waals surface area (Å²) in [5.41, 5.74) is 3.77. The molecule has 174 valence electrons. The number of aryl methyl sites for hydroxylation is 1. The van der Waals surface area contributed by atoms with Gasteiger partial charge in [0, 0.05) is 19.4 Å². The average molecular weight is 457 g/mol. The van der Waals surface area contributed by atoms with Gasteiger partial charge in [-0.25, -0.2) is 9.78 Å². The van der Waals surface area contributed by atoms with Crippen molar-refractivity contribution in [2.45, 2.75) is 31.9 Å². The summed E-state index contributed by atoms with van der Waals surface area (Å²) in [4.78, 5) is 33.2. The van der Waals surface area contributed by atoms with Crippen LogP contribution in [0, 0.1) is 0 Å². The van der Waals surface area contributed by atoms with Gasteiger partial charge in [0.2, 0.25) is 5.91 Å². The SMILES string of the molecule is O=C(N[C@@H](Cc1ccccc1)C(=O)NCCCc1nc2ccccc2[nH]1)OCc1ccccc1. The van der Waals surface area contributed by atoms with E-state index in [0.717, 1.165) is 34.4 Å². The number of aromatic amines is 1. The molecule has 0 bridgehead atoms. The van der Waals surface area contributed by atoms with Crippen LogP contribution in [0.4, 0.5) is 4.79 Å². The Labute approximate surface area is 198 Å². The second kappa shape index (κ2) is 11.7. The monoisotopic (exact) mass is 456 g/mol. The van der Waals surface area contributed by atoms with E-state index in [1.54, 1.807) is 0 Å². The van der Waals surface area contributed by atoms with Crippen molar-refractivity contribution in [1.82, 2.24) is 20.6 Å². The summed E-state index contributed by atoms with van der Waals surface area (Å²) in [7, 11) is 0. The quantitative estimate of drug-likeness (QED) is 0.312. The van der Waals surface area contributed by atoms with E-state index in [4.69, 9.17) is 4.74 Å². The minimum atomic E-state index is -0.739. The number of alkyl carbamates (subject to hydrolysis) is 1. The van der Waals surface area contributed by atoms with Gasteiger partial charge in [0.15, 0.2) is 0 Å². The van der Waals surface area contributed by atoms with Gasteiger partial charge in [-0.15, -0.1) is 0 Å². The molecule has 1 heterocycles. The second-order valence-corrected chi connectivity index (χ2v) is 8.04. The van der Waals surface area contributed by atoms with E-state index in [1.807, 2.05) is 84.9 Å². The number of aromatic nitrogens is 2. The molecule has 0 aliphatic rings. The van der Waals surface area contributed by atoms with Crippen molar-refractivity contribution in [2.24, 2.45) is 0 Å². The molecule has 0 saturated heterocycles. The molecule has 1 aromatic heterocycles. The van der Waals surface area contributed by atoms with Crippen LogP contribution in [0.3, 0.4) is 0 Å². The van der Waals surface area contributed by atoms with Crippen LogP contribution >= 0.6 is 0 Å². The zero-order chi connectivity index (χ0) is 23.6. The fourth-order valence-electron chi connectivity index (χ4n) is 3.68. The first kappa shape index (κ1) is 23.0. The maximum absolute atomic E-state index is 12.9. The predicted octanol–water partition coefficient (Wildman–Crippen LogP) is 4.15. The topological polar surface area (TPSA) is 96.1 Å². The summed E-state index contributed by atoms with van der Waals surface area (Å²) in [6.45, 7) is 0.617. The molecule has 0 aliphatic heterocycles. The zero-order valence-electron chi connectivity index (χ0n) is 18.9. The van der Waals surface area contributed by atoms with E-state index in [-0.39, 0.29) is 12.5 Å². The second-order valence-electron chi connectivity index (χ2n) is 8.04. The maximum Gasteiger partial charge on any atom is 0.408 e. The van der Waals surface area contributed by atoms with Crippen molar-refractivity contribution in [1.29, 1.82) is 0 Å². The Hall–Kier alpha value is -4.13. The third-order valence-corrected chi connectivity index (χ3v) is 5.43. The molecule has 0 spiro atoms. The van der Waals surface area contributed by atoms with E-state index in [1.165, 1.54) is 0 Å². The number of amides is 2. The highest BCUT2D eigenvalue weighted by Gasteiger charge is 2.22. The van der Waals surface area contributed by atoms with E-state index >= 15 is 0 Å². The number of hydrogen-bond acceptors (Lipinski definition) is 4. The number of carbonyl (C=O) groups excluding carboxylic acids is 2. The highest BCUT2D eigenvalue weighted by atomic mass is 16.5. The average Bonchev–Trinajstić information content (AvgIpc) is 3.29. The third-order valence-electron chi connectivity index (χ3n) is 5.43. The summed E-state index contributed by atoms with van der Waals surface area (Å²) in [6, 6.07) is 26.2. The first-order valence-corrected chi connectivity index (χ1v) is 11.4. The molecule has 7 nitrogen and oxygen atoms in total. The van der Waals surface area contributed by atoms with Crippen LogP contribution in [0.2, 0.25) is 0 Å². The van der Waals surface area contributed by atoms with Crippen LogP contribution in [-0.2, 0) is 29.0 Å². The molecule has 34 heavy (non-hydrogen) atoms. The standard InChI is InChI=1S/C27H28N4O3/c32-26(28-17-9-16-25-29-22-14-7-8-15-23(22)30-25)24(18-20-10-3-1-4-11-20)31-27(33)34-19-21-12-5-2-6-13-21/h1-8,10-15,24H,9,16-19H2,(H,28,32)(H,29,30)(H,31,33)/t24-/m0/s1. The molecule has 0 fully saturated rings. The predicted molar refractivity (Wildman–Crippen MR) is 131 cm³/mol. The molecule has 4 rings (SSSR count). The highest BCUT2D eigenvalue weighted by molar-refractivity contribution is 5.85. The van der Waals surface area contributed by atoms with E-state index in [9.17, 15) is 9.59 Å². The Morgan fingerprint density at radius 2 is 1.56 bits per heavy atom. The number of hydrogen-bond donors (Lipinski definition) is 3. The summed E-state index contributed by atoms with van der Waals surface area (Å²) in [5, 5.41) is 5.66. The molecule has 3 N–H and O–H groups in total. The molecule has 2 amide bonds. The lowest BCUT2D eigenvalue weighted by Crippen LogP contribution is -2.48. The molecule has 7 heteroatoms. The number of carbonyl (C=O) groups is 2. The third kappa shape index (κ3) is 6.68. The van der Waals surface area contributed by atoms with Crippen LogP contribution in [0.15, 0.2) is 84.9 Å². The molecule has 4 aromatic rings. The van der Waals surface area contributed by atoms with Crippen LogP contribution in [0.25, 0.3) is 11.0 Å². The summed E-state index contributed by atoms with van der Waals surface area (Å²) in [5.74, 6) is 0.643. The van der Waals surface area contributed by atoms with Crippen LogP contribution in [0.5, 0.6) is 0 Å². The number of ether oxygens (including phenoxy) is 1. The van der Waals surface area contributed by atoms with Gasteiger partial charge in [0.25, 0.3) is 0 Å². The van der Waals surface area contributed by atoms with Gasteiger partial charge in [-0.1, -0.05) is 72.8 Å². The molecule has 0 aliphatic carbocycles. The lowest BCUT2D eigenvalue weighted by atomic mass is 10.1. The summed E-state index contributed by atoms with van der Waals surface area (Å²) >= 11 is 0. The van der Waals surface area contributed by atoms with Gasteiger partial charge in [0.1, 0.15) is 18.5 Å². The van der Waals surface area contributed by atoms with Gasteiger partial charge >= 0.3 is 6.09 Å². The van der Waals surface area contributed by atoms with Crippen molar-refractivity contribution in [3.05, 3.63) is 102 Å². The Kier molecular flexibility index (Phi) is 7.90. The van der Waals surface area contributed by atoms with E-state index in [0.29, 0.717) is 19.4 Å². The van der Waals surface area contributed by atoms with Crippen LogP contribution in [-0.4, -0.2) is 34.6 Å². The van der Waals surface area contributed by atoms with Gasteiger partial charge in [-0.3, -0.25) is 4.79 Å². The van der Waals surface area contributed by atoms with Gasteiger partial charge in [0.05, 0.1) is 11.0 Å². The zero-order valence-corrected chi connectivity index (χ0v) is 18.9. The van der Waals surface area contributed by atoms with Gasteiger partial charge < -0.3 is 20.4 Å². The number of nitrogens with one attached hydrogen (secondary N) is 3. The minimum absolute atomic E-state index is 0.143. The number of nitrogens with zero attached hydrogens (tertiary/aromatic N) is 1. The van der Waals surface area contributed by atoms with Crippen molar-refractivity contribution in [2.75, 3.05) is 6.54 Å². The van der Waals surface area contributed by atoms with Crippen molar-refractivity contribution in [3.63, 3.8) is 0 Å². The van der Waals surface area contributed by atoms with Crippen molar-refractivity contribution < 1.29 is 14.3 Å². The van der Waals surface area contributed by atoms with Crippen LogP contribution in [0.1, 0.15) is 23.4 Å². The van der Waals surface area contributed by atoms with Gasteiger partial charge in [-0.2, -0.15) is 0 Å². The normalized spacial score (nSPS) is 11.6. The van der Waals surface area contributed by atoms with Gasteiger partial charge in [-0.05, 0) is 29.7 Å². The Balaban J connectivity index is 1.29. The number of benzene rings is 3. The van der Waals surface area contributed by atoms with Crippen molar-refractivity contribution >= 4 is 23.0 Å². The Bertz CT molecular complexity index is 1180. The lowest BCUT2D eigenvalue weighted by molar-refractivity contribution is -0.123. The summed E-state index contributed by atoms with van der Waals surface area (Å²) in [6.07, 6.45) is 1.19. The number of fused-ring (bicyclic) bond motifs is 1. The van der Waals surface area contributed by atoms with Crippen LogP contribution < -0.4 is 10.6 Å². The Morgan fingerprint density at radius 1 is 0.882 bits per heavy atom. The first-order chi connectivity index (χ1) is 16.7. The lowest BCUT2D eigenvalue weighted by Gasteiger charge is -2.18. The van der Waals surface area contributed by atoms with E-state index < -0.39 is 12.1 Å². The maximum atomic E-state index is 12.9. The minimum Gasteiger partial charge on any atom is -0.445 e. The molecule has 0 unspecified atom stereocenters. The molecule has 3 aromatic carbocycles. The van der Waals surface area contributed by atoms with E-state index in [2.05, 4.69) is 20.6 Å². The first-order valence-electron chi connectivity index (χ1n) is 11.4. The van der Waals surface area contributed by atoms with Crippen molar-refractivity contribution in [3.8, 4) is 0 Å². The number of imidazole rings is 1. The molecule has 1 atom stereocenters. The molecular weight excluding hydrogens is 428 g/mol. The fraction of sp³-hybridized carbons (Fsp3) is 0.222. The molecular formula is C27H28N4O3. The number of para-hydroxylation sites is 2. The largest absolute Gasteiger partial charge is 0.445 e. The smallest absolute Gasteiger partial charge is 0.408 e. The fourth-order valence-corrected chi connectivity index (χ4v) is 3.68. The number of H-pyrrole nitrogens is 1. The molecule has 0 saturated carbocycles.